The average molecular weight is 293 g/mol. The van der Waals surface area contributed by atoms with Crippen LogP contribution in [-0.4, -0.2) is 23.3 Å². The van der Waals surface area contributed by atoms with Gasteiger partial charge in [-0.2, -0.15) is 0 Å². The Morgan fingerprint density at radius 1 is 0.905 bits per heavy atom. The van der Waals surface area contributed by atoms with Crippen LogP contribution in [0.3, 0.4) is 0 Å². The first-order chi connectivity index (χ1) is 9.96. The average Bonchev–Trinajstić information content (AvgIpc) is 2.49. The second-order valence-electron chi connectivity index (χ2n) is 9.08. The number of nitrogens with one attached hydrogen (secondary N) is 1. The molecule has 0 aromatic heterocycles. The molecule has 0 bridgehead atoms. The summed E-state index contributed by atoms with van der Waals surface area (Å²) >= 11 is 0. The molecule has 2 nitrogen and oxygen atoms in total. The Hall–Kier alpha value is -0.0800. The van der Waals surface area contributed by atoms with Crippen molar-refractivity contribution in [2.45, 2.75) is 96.1 Å². The highest BCUT2D eigenvalue weighted by molar-refractivity contribution is 4.93. The van der Waals surface area contributed by atoms with Gasteiger partial charge in [0.15, 0.2) is 0 Å². The maximum atomic E-state index is 10.8. The molecular weight excluding hydrogens is 258 g/mol. The minimum atomic E-state index is -0.432. The lowest BCUT2D eigenvalue weighted by atomic mass is 9.69. The highest BCUT2D eigenvalue weighted by Crippen LogP contribution is 2.42. The topological polar surface area (TPSA) is 32.3 Å². The maximum absolute atomic E-state index is 10.8. The molecule has 0 saturated heterocycles. The molecule has 0 radical (unpaired) electrons. The molecular formula is C19H35NO. The Balaban J connectivity index is 1.45. The molecule has 0 amide bonds. The summed E-state index contributed by atoms with van der Waals surface area (Å²) in [4.78, 5) is 0. The zero-order valence-corrected chi connectivity index (χ0v) is 14.2. The maximum Gasteiger partial charge on any atom is 0.0772 e. The van der Waals surface area contributed by atoms with E-state index in [1.54, 1.807) is 0 Å². The Bertz CT molecular complexity index is 341. The van der Waals surface area contributed by atoms with Gasteiger partial charge in [-0.1, -0.05) is 39.5 Å². The summed E-state index contributed by atoms with van der Waals surface area (Å²) in [5.74, 6) is 2.00. The Kier molecular flexibility index (Phi) is 4.66. The van der Waals surface area contributed by atoms with Crippen LogP contribution in [-0.2, 0) is 0 Å². The third kappa shape index (κ3) is 4.01. The van der Waals surface area contributed by atoms with Crippen LogP contribution < -0.4 is 5.32 Å². The van der Waals surface area contributed by atoms with Crippen molar-refractivity contribution in [1.82, 2.24) is 5.32 Å². The van der Waals surface area contributed by atoms with Crippen molar-refractivity contribution in [3.8, 4) is 0 Å². The molecule has 0 aromatic carbocycles. The number of fused-ring (bicyclic) bond motifs is 1. The summed E-state index contributed by atoms with van der Waals surface area (Å²) in [6.07, 6.45) is 14.3. The fraction of sp³-hybridized carbons (Fsp3) is 1.00. The van der Waals surface area contributed by atoms with Gasteiger partial charge in [0.2, 0.25) is 0 Å². The van der Waals surface area contributed by atoms with Gasteiger partial charge in [0.05, 0.1) is 5.60 Å². The van der Waals surface area contributed by atoms with Crippen LogP contribution in [0.15, 0.2) is 0 Å². The van der Waals surface area contributed by atoms with Gasteiger partial charge in [-0.25, -0.2) is 0 Å². The zero-order valence-electron chi connectivity index (χ0n) is 14.2. The molecule has 2 heteroatoms. The van der Waals surface area contributed by atoms with E-state index >= 15 is 0 Å². The summed E-state index contributed by atoms with van der Waals surface area (Å²) in [7, 11) is 0. The summed E-state index contributed by atoms with van der Waals surface area (Å²) < 4.78 is 0. The molecule has 0 aromatic rings. The molecule has 2 N–H and O–H groups in total. The van der Waals surface area contributed by atoms with Crippen molar-refractivity contribution < 1.29 is 5.11 Å². The number of hydrogen-bond donors (Lipinski definition) is 2. The van der Waals surface area contributed by atoms with Crippen molar-refractivity contribution in [2.75, 3.05) is 6.54 Å². The highest BCUT2D eigenvalue weighted by Gasteiger charge is 2.38. The van der Waals surface area contributed by atoms with Gasteiger partial charge in [-0.3, -0.25) is 0 Å². The molecule has 0 aliphatic heterocycles. The molecule has 3 atom stereocenters. The van der Waals surface area contributed by atoms with E-state index in [4.69, 9.17) is 0 Å². The third-order valence-corrected chi connectivity index (χ3v) is 6.79. The molecule has 21 heavy (non-hydrogen) atoms. The van der Waals surface area contributed by atoms with Crippen LogP contribution in [0.1, 0.15) is 84.5 Å². The molecule has 3 aliphatic carbocycles. The van der Waals surface area contributed by atoms with Gasteiger partial charge in [0.25, 0.3) is 0 Å². The fourth-order valence-corrected chi connectivity index (χ4v) is 4.96. The molecule has 0 spiro atoms. The summed E-state index contributed by atoms with van der Waals surface area (Å²) in [5.41, 5.74) is 0.00528. The second-order valence-corrected chi connectivity index (χ2v) is 9.08. The molecule has 0 heterocycles. The van der Waals surface area contributed by atoms with Gasteiger partial charge in [-0.15, -0.1) is 0 Å². The largest absolute Gasteiger partial charge is 0.389 e. The van der Waals surface area contributed by atoms with Crippen molar-refractivity contribution in [3.63, 3.8) is 0 Å². The predicted molar refractivity (Wildman–Crippen MR) is 88.3 cm³/mol. The van der Waals surface area contributed by atoms with Gasteiger partial charge >= 0.3 is 0 Å². The van der Waals surface area contributed by atoms with Crippen molar-refractivity contribution in [1.29, 1.82) is 0 Å². The summed E-state index contributed by atoms with van der Waals surface area (Å²) in [6, 6.07) is 0.670. The third-order valence-electron chi connectivity index (χ3n) is 6.79. The molecule has 122 valence electrons. The van der Waals surface area contributed by atoms with E-state index in [-0.39, 0.29) is 0 Å². The van der Waals surface area contributed by atoms with Crippen LogP contribution in [0.2, 0.25) is 0 Å². The summed E-state index contributed by atoms with van der Waals surface area (Å²) in [6.45, 7) is 5.50. The predicted octanol–water partition coefficient (Wildman–Crippen LogP) is 4.27. The quantitative estimate of drug-likeness (QED) is 0.814. The lowest BCUT2D eigenvalue weighted by Crippen LogP contribution is -2.49. The van der Waals surface area contributed by atoms with E-state index in [2.05, 4.69) is 19.2 Å². The zero-order chi connectivity index (χ0) is 14.9. The van der Waals surface area contributed by atoms with Crippen LogP contribution in [0.4, 0.5) is 0 Å². The number of aliphatic hydroxyl groups is 1. The smallest absolute Gasteiger partial charge is 0.0772 e. The van der Waals surface area contributed by atoms with Gasteiger partial charge in [-0.05, 0) is 62.2 Å². The van der Waals surface area contributed by atoms with E-state index in [1.807, 2.05) is 0 Å². The number of hydrogen-bond acceptors (Lipinski definition) is 2. The first-order valence-corrected chi connectivity index (χ1v) is 9.42. The standard InChI is InChI=1S/C19H35NO/c1-18(2)9-11-19(21,12-10-18)14-20-17-8-7-15-5-3-4-6-16(15)13-17/h15-17,20-21H,3-14H2,1-2H3. The molecule has 3 saturated carbocycles. The number of rotatable bonds is 3. The highest BCUT2D eigenvalue weighted by atomic mass is 16.3. The Labute approximate surface area is 131 Å². The normalized spacial score (nSPS) is 38.7. The van der Waals surface area contributed by atoms with Crippen LogP contribution in [0, 0.1) is 17.3 Å². The van der Waals surface area contributed by atoms with E-state index in [0.29, 0.717) is 11.5 Å². The van der Waals surface area contributed by atoms with Crippen LogP contribution in [0.5, 0.6) is 0 Å². The van der Waals surface area contributed by atoms with Crippen molar-refractivity contribution in [2.24, 2.45) is 17.3 Å². The minimum Gasteiger partial charge on any atom is -0.389 e. The fourth-order valence-electron chi connectivity index (χ4n) is 4.96. The monoisotopic (exact) mass is 293 g/mol. The van der Waals surface area contributed by atoms with E-state index < -0.39 is 5.60 Å². The Morgan fingerprint density at radius 2 is 1.57 bits per heavy atom. The van der Waals surface area contributed by atoms with Crippen LogP contribution in [0.25, 0.3) is 0 Å². The van der Waals surface area contributed by atoms with Crippen LogP contribution >= 0.6 is 0 Å². The van der Waals surface area contributed by atoms with Crippen molar-refractivity contribution >= 4 is 0 Å². The molecule has 3 rings (SSSR count). The first kappa shape index (κ1) is 15.8. The van der Waals surface area contributed by atoms with E-state index in [9.17, 15) is 5.11 Å². The van der Waals surface area contributed by atoms with Gasteiger partial charge in [0, 0.05) is 12.6 Å². The van der Waals surface area contributed by atoms with Gasteiger partial charge in [0.1, 0.15) is 0 Å². The van der Waals surface area contributed by atoms with E-state index in [0.717, 1.165) is 31.2 Å². The molecule has 3 aliphatic rings. The Morgan fingerprint density at radius 3 is 2.29 bits per heavy atom. The lowest BCUT2D eigenvalue weighted by molar-refractivity contribution is -0.0281. The van der Waals surface area contributed by atoms with Gasteiger partial charge < -0.3 is 10.4 Å². The van der Waals surface area contributed by atoms with E-state index in [1.165, 1.54) is 57.8 Å². The second kappa shape index (κ2) is 6.20. The summed E-state index contributed by atoms with van der Waals surface area (Å²) in [5, 5.41) is 14.5. The molecule has 3 fully saturated rings. The SMILES string of the molecule is CC1(C)CCC(O)(CNC2CCC3CCCCC3C2)CC1. The first-order valence-electron chi connectivity index (χ1n) is 9.42. The van der Waals surface area contributed by atoms with Crippen molar-refractivity contribution in [3.05, 3.63) is 0 Å². The lowest BCUT2D eigenvalue weighted by Gasteiger charge is -2.43. The minimum absolute atomic E-state index is 0.432. The molecule has 3 unspecified atom stereocenters.